The molecule has 112 heavy (non-hydrogen) atoms. The Morgan fingerprint density at radius 1 is 0.170 bits per heavy atom. The molecule has 36 nitrogen and oxygen atoms in total. The van der Waals surface area contributed by atoms with Crippen LogP contribution in [0.3, 0.4) is 0 Å². The molecule has 0 spiro atoms. The Morgan fingerprint density at radius 2 is 0.268 bits per heavy atom. The minimum Gasteiger partial charge on any atom is -0.462 e. The van der Waals surface area contributed by atoms with Crippen LogP contribution < -0.4 is 0 Å². The van der Waals surface area contributed by atoms with E-state index in [1.165, 1.54) is 41.5 Å². The zero-order valence-electron chi connectivity index (χ0n) is 69.2. The molecule has 0 rings (SSSR count). The van der Waals surface area contributed by atoms with Gasteiger partial charge in [-0.15, -0.1) is 0 Å². The van der Waals surface area contributed by atoms with Crippen molar-refractivity contribution in [3.8, 4) is 0 Å². The first-order chi connectivity index (χ1) is 53.8. The van der Waals surface area contributed by atoms with Gasteiger partial charge in [-0.3, -0.25) is 38.4 Å². The van der Waals surface area contributed by atoms with E-state index in [-0.39, 0.29) is 77.6 Å². The molecule has 0 aliphatic rings. The fourth-order valence-corrected chi connectivity index (χ4v) is 8.31. The molecule has 0 aromatic rings. The Bertz CT molecular complexity index is 2160. The van der Waals surface area contributed by atoms with Crippen molar-refractivity contribution in [3.63, 3.8) is 0 Å². The van der Waals surface area contributed by atoms with Crippen molar-refractivity contribution in [2.75, 3.05) is 330 Å². The van der Waals surface area contributed by atoms with Crippen molar-refractivity contribution in [3.05, 3.63) is 0 Å². The number of hydrogen-bond donors (Lipinski definition) is 0. The number of ketones is 2. The van der Waals surface area contributed by atoms with Gasteiger partial charge in [-0.05, 0) is 41.5 Å². The Balaban J connectivity index is 3.31. The third-order valence-electron chi connectivity index (χ3n) is 14.9. The van der Waals surface area contributed by atoms with Gasteiger partial charge in [0.2, 0.25) is 0 Å². The highest BCUT2D eigenvalue weighted by atomic mass is 16.6. The number of hydrogen-bond acceptors (Lipinski definition) is 36. The number of esters is 6. The van der Waals surface area contributed by atoms with Crippen molar-refractivity contribution in [1.82, 2.24) is 0 Å². The van der Waals surface area contributed by atoms with Crippen LogP contribution in [0.1, 0.15) is 83.1 Å². The first-order valence-electron chi connectivity index (χ1n) is 38.6. The topological polar surface area (TPSA) is 395 Å². The molecule has 0 radical (unpaired) electrons. The molecule has 0 aliphatic heterocycles. The molecule has 2 atom stereocenters. The minimum atomic E-state index is -1.60. The summed E-state index contributed by atoms with van der Waals surface area (Å²) in [4.78, 5) is 98.7. The third-order valence-corrected chi connectivity index (χ3v) is 14.9. The molecular formula is C76H138O36. The largest absolute Gasteiger partial charge is 0.462 e. The van der Waals surface area contributed by atoms with Crippen molar-refractivity contribution < 1.29 is 171 Å². The molecule has 0 N–H and O–H groups in total. The summed E-state index contributed by atoms with van der Waals surface area (Å²) >= 11 is 0. The van der Waals surface area contributed by atoms with Gasteiger partial charge >= 0.3 is 35.8 Å². The van der Waals surface area contributed by atoms with Crippen LogP contribution >= 0.6 is 0 Å². The van der Waals surface area contributed by atoms with Gasteiger partial charge in [-0.25, -0.2) is 0 Å². The van der Waals surface area contributed by atoms with Crippen molar-refractivity contribution in [2.45, 2.75) is 83.1 Å². The Hall–Kier alpha value is -4.72. The highest BCUT2D eigenvalue weighted by Gasteiger charge is 2.41. The van der Waals surface area contributed by atoms with Gasteiger partial charge in [0.15, 0.2) is 22.4 Å². The number of carbonyl (C=O) groups excluding carboxylic acids is 8. The SMILES string of the molecule is CC(C(=O)OCCOC(=O)C(C)(C)C(=O)OCCOCCOCCOCCOCCOCCOCCOCCOCCOCCOCCOCCOCCOCCOCCOCCOCCOCCOCCOCCOCCOCCOCCOC(=O)C(C)(C)C(=O)OCCOC(=O)C(C)C(=O)C(C)(C)C)C(=O)C(C)(C)C. The summed E-state index contributed by atoms with van der Waals surface area (Å²) in [7, 11) is 0. The van der Waals surface area contributed by atoms with E-state index in [2.05, 4.69) is 0 Å². The van der Waals surface area contributed by atoms with Gasteiger partial charge in [-0.1, -0.05) is 41.5 Å². The van der Waals surface area contributed by atoms with Crippen molar-refractivity contribution in [1.29, 1.82) is 0 Å². The predicted molar refractivity (Wildman–Crippen MR) is 399 cm³/mol. The maximum absolute atomic E-state index is 12.5. The highest BCUT2D eigenvalue weighted by Crippen LogP contribution is 2.24. The monoisotopic (exact) mass is 1630 g/mol. The minimum absolute atomic E-state index is 0.0766. The summed E-state index contributed by atoms with van der Waals surface area (Å²) in [5.74, 6) is -7.14. The summed E-state index contributed by atoms with van der Waals surface area (Å²) in [6, 6.07) is 0. The van der Waals surface area contributed by atoms with Gasteiger partial charge in [0, 0.05) is 10.8 Å². The van der Waals surface area contributed by atoms with E-state index in [9.17, 15) is 38.4 Å². The van der Waals surface area contributed by atoms with E-state index in [1.54, 1.807) is 41.5 Å². The molecule has 0 aromatic carbocycles. The number of ether oxygens (including phenoxy) is 28. The van der Waals surface area contributed by atoms with Crippen LogP contribution in [0, 0.1) is 33.5 Å². The normalized spacial score (nSPS) is 12.6. The van der Waals surface area contributed by atoms with Crippen LogP contribution in [-0.2, 0) is 171 Å². The predicted octanol–water partition coefficient (Wildman–Crippen LogP) is 3.17. The van der Waals surface area contributed by atoms with Crippen LogP contribution in [0.4, 0.5) is 0 Å². The van der Waals surface area contributed by atoms with E-state index >= 15 is 0 Å². The van der Waals surface area contributed by atoms with E-state index in [0.717, 1.165) is 0 Å². The fourth-order valence-electron chi connectivity index (χ4n) is 8.31. The zero-order valence-corrected chi connectivity index (χ0v) is 69.2. The fraction of sp³-hybridized carbons (Fsp3) is 0.895. The molecule has 0 heterocycles. The number of Topliss-reactive ketones (excluding diaryl/α,β-unsaturated/α-hetero) is 2. The Morgan fingerprint density at radius 3 is 0.384 bits per heavy atom. The van der Waals surface area contributed by atoms with Crippen molar-refractivity contribution in [2.24, 2.45) is 33.5 Å². The van der Waals surface area contributed by atoms with Crippen LogP contribution in [-0.4, -0.2) is 378 Å². The van der Waals surface area contributed by atoms with Gasteiger partial charge in [0.25, 0.3) is 0 Å². The van der Waals surface area contributed by atoms with Gasteiger partial charge in [0.05, 0.1) is 291 Å². The first-order valence-corrected chi connectivity index (χ1v) is 38.6. The van der Waals surface area contributed by atoms with Crippen molar-refractivity contribution >= 4 is 47.4 Å². The molecule has 0 aromatic heterocycles. The second kappa shape index (κ2) is 72.7. The maximum Gasteiger partial charge on any atom is 0.323 e. The molecule has 0 aliphatic carbocycles. The van der Waals surface area contributed by atoms with Crippen LogP contribution in [0.2, 0.25) is 0 Å². The molecule has 36 heteroatoms. The average molecular weight is 1630 g/mol. The molecule has 0 bridgehead atoms. The zero-order chi connectivity index (χ0) is 82.9. The third kappa shape index (κ3) is 63.5. The molecule has 2 unspecified atom stereocenters. The summed E-state index contributed by atoms with van der Waals surface area (Å²) in [5, 5.41) is 0. The lowest BCUT2D eigenvalue weighted by Crippen LogP contribution is -2.38. The van der Waals surface area contributed by atoms with Gasteiger partial charge in [0.1, 0.15) is 51.5 Å². The standard InChI is InChI=1S/C76H138O36/c1-63(65(77)73(3,4)5)67(79)107-59-61-111-71(83)75(9,10)69(81)109-57-55-105-53-51-103-49-47-101-45-43-99-41-39-97-37-35-95-33-31-93-29-27-91-25-23-89-21-19-87-17-15-85-13-14-86-16-18-88-20-22-90-24-26-92-28-30-94-32-34-96-36-38-98-40-42-100-44-46-102-48-50-104-52-54-106-56-58-110-70(82)76(11,12)72(84)112-62-60-108-68(80)64(2)66(78)74(6,7)8/h63-64H,13-62H2,1-12H3. The molecule has 658 valence electrons. The van der Waals surface area contributed by atoms with Crippen LogP contribution in [0.5, 0.6) is 0 Å². The number of rotatable bonds is 83. The van der Waals surface area contributed by atoms with E-state index < -0.39 is 69.3 Å². The second-order valence-electron chi connectivity index (χ2n) is 27.3. The summed E-state index contributed by atoms with van der Waals surface area (Å²) in [6.07, 6.45) is 0. The summed E-state index contributed by atoms with van der Waals surface area (Å²) < 4.78 is 152. The lowest BCUT2D eigenvalue weighted by Gasteiger charge is -2.22. The van der Waals surface area contributed by atoms with E-state index in [0.29, 0.717) is 264 Å². The summed E-state index contributed by atoms with van der Waals surface area (Å²) in [6.45, 7) is 35.3. The first kappa shape index (κ1) is 107. The number of carbonyl (C=O) groups is 8. The quantitative estimate of drug-likeness (QED) is 0.0365. The second-order valence-corrected chi connectivity index (χ2v) is 27.3. The lowest BCUT2D eigenvalue weighted by atomic mass is 9.84. The molecule has 0 saturated heterocycles. The Kier molecular flexibility index (Phi) is 69.7. The molecule has 0 amide bonds. The van der Waals surface area contributed by atoms with E-state index in [1.807, 2.05) is 0 Å². The van der Waals surface area contributed by atoms with Crippen LogP contribution in [0.15, 0.2) is 0 Å². The van der Waals surface area contributed by atoms with Gasteiger partial charge in [-0.2, -0.15) is 0 Å². The highest BCUT2D eigenvalue weighted by molar-refractivity contribution is 6.02. The lowest BCUT2D eigenvalue weighted by molar-refractivity contribution is -0.174. The Labute approximate surface area is 663 Å². The summed E-state index contributed by atoms with van der Waals surface area (Å²) in [5.41, 5.74) is -4.60. The molecular weight excluding hydrogens is 1490 g/mol. The average Bonchev–Trinajstić information content (AvgIpc) is 0.864. The smallest absolute Gasteiger partial charge is 0.323 e. The van der Waals surface area contributed by atoms with E-state index in [4.69, 9.17) is 133 Å². The molecule has 0 fully saturated rings. The molecule has 0 saturated carbocycles. The van der Waals surface area contributed by atoms with Gasteiger partial charge < -0.3 is 133 Å². The maximum atomic E-state index is 12.5. The van der Waals surface area contributed by atoms with Crippen LogP contribution in [0.25, 0.3) is 0 Å².